The molecule has 2 aromatic carbocycles. The molecule has 8 nitrogen and oxygen atoms in total. The third-order valence-electron chi connectivity index (χ3n) is 5.83. The van der Waals surface area contributed by atoms with Crippen LogP contribution in [0.2, 0.25) is 0 Å². The molecule has 33 heavy (non-hydrogen) atoms. The van der Waals surface area contributed by atoms with Crippen molar-refractivity contribution in [3.8, 4) is 0 Å². The first-order valence-corrected chi connectivity index (χ1v) is 12.6. The van der Waals surface area contributed by atoms with Crippen molar-refractivity contribution in [2.75, 3.05) is 11.9 Å². The molecule has 0 spiro atoms. The number of anilines is 2. The molecule has 0 fully saturated rings. The Hall–Kier alpha value is -3.47. The maximum Gasteiger partial charge on any atom is 0.243 e. The van der Waals surface area contributed by atoms with E-state index in [1.807, 2.05) is 36.4 Å². The molecule has 10 heteroatoms. The van der Waals surface area contributed by atoms with Crippen LogP contribution in [0.25, 0.3) is 21.9 Å². The highest BCUT2D eigenvalue weighted by atomic mass is 32.2. The average Bonchev–Trinajstić information content (AvgIpc) is 3.32. The first-order valence-electron chi connectivity index (χ1n) is 10.4. The average molecular weight is 475 g/mol. The van der Waals surface area contributed by atoms with Crippen molar-refractivity contribution < 1.29 is 8.42 Å². The van der Waals surface area contributed by atoms with Gasteiger partial charge in [-0.1, -0.05) is 18.2 Å². The van der Waals surface area contributed by atoms with E-state index < -0.39 is 10.0 Å². The maximum absolute atomic E-state index is 13.3. The van der Waals surface area contributed by atoms with Gasteiger partial charge in [-0.2, -0.15) is 13.1 Å². The standard InChI is InChI=1S/C23H18N6O2S2/c30-33(31,18-5-6-21-22(12-18)28-32-27-21)29-10-8-19-16(14-29)7-9-24-23(19)26-17-11-15-3-1-2-4-20(15)25-13-17/h1-7,9,11-13H,8,10,14H2,(H,24,26). The van der Waals surface area contributed by atoms with E-state index in [-0.39, 0.29) is 11.4 Å². The van der Waals surface area contributed by atoms with E-state index >= 15 is 0 Å². The number of hydrogen-bond donors (Lipinski definition) is 1. The summed E-state index contributed by atoms with van der Waals surface area (Å²) in [6, 6.07) is 16.7. The van der Waals surface area contributed by atoms with Crippen molar-refractivity contribution in [3.63, 3.8) is 0 Å². The first-order chi connectivity index (χ1) is 16.1. The van der Waals surface area contributed by atoms with E-state index in [1.165, 1.54) is 4.31 Å². The predicted molar refractivity (Wildman–Crippen MR) is 128 cm³/mol. The van der Waals surface area contributed by atoms with Crippen LogP contribution in [0, 0.1) is 0 Å². The second-order valence-corrected chi connectivity index (χ2v) is 10.3. The summed E-state index contributed by atoms with van der Waals surface area (Å²) in [7, 11) is -3.65. The van der Waals surface area contributed by atoms with Gasteiger partial charge in [0.05, 0.1) is 34.0 Å². The molecule has 6 rings (SSSR count). The lowest BCUT2D eigenvalue weighted by Crippen LogP contribution is -2.36. The molecule has 5 aromatic rings. The van der Waals surface area contributed by atoms with Crippen LogP contribution in [-0.4, -0.2) is 38.0 Å². The Balaban J connectivity index is 1.28. The van der Waals surface area contributed by atoms with Gasteiger partial charge in [-0.25, -0.2) is 13.4 Å². The largest absolute Gasteiger partial charge is 0.339 e. The Morgan fingerprint density at radius 1 is 0.939 bits per heavy atom. The van der Waals surface area contributed by atoms with E-state index in [9.17, 15) is 8.42 Å². The van der Waals surface area contributed by atoms with Gasteiger partial charge in [0.25, 0.3) is 0 Å². The molecule has 0 saturated carbocycles. The second-order valence-electron chi connectivity index (χ2n) is 7.84. The van der Waals surface area contributed by atoms with Crippen molar-refractivity contribution in [2.45, 2.75) is 17.9 Å². The molecule has 1 N–H and O–H groups in total. The molecule has 1 aliphatic heterocycles. The summed E-state index contributed by atoms with van der Waals surface area (Å²) < 4.78 is 36.4. The minimum absolute atomic E-state index is 0.237. The lowest BCUT2D eigenvalue weighted by Gasteiger charge is -2.29. The summed E-state index contributed by atoms with van der Waals surface area (Å²) in [6.07, 6.45) is 4.05. The van der Waals surface area contributed by atoms with Crippen LogP contribution in [-0.2, 0) is 23.0 Å². The first kappa shape index (κ1) is 20.2. The van der Waals surface area contributed by atoms with Crippen LogP contribution in [0.4, 0.5) is 11.5 Å². The number of hydrogen-bond acceptors (Lipinski definition) is 8. The topological polar surface area (TPSA) is 101 Å². The number of pyridine rings is 2. The SMILES string of the molecule is O=S(=O)(c1ccc2nsnc2c1)N1CCc2c(ccnc2Nc2cnc3ccccc3c2)C1. The smallest absolute Gasteiger partial charge is 0.243 e. The number of para-hydroxylation sites is 1. The number of nitrogens with zero attached hydrogens (tertiary/aromatic N) is 5. The second kappa shape index (κ2) is 7.84. The van der Waals surface area contributed by atoms with E-state index in [1.54, 1.807) is 30.6 Å². The lowest BCUT2D eigenvalue weighted by molar-refractivity contribution is 0.391. The normalized spacial score (nSPS) is 14.4. The van der Waals surface area contributed by atoms with Gasteiger partial charge in [0, 0.05) is 30.2 Å². The molecule has 4 heterocycles. The number of nitrogens with one attached hydrogen (secondary N) is 1. The fourth-order valence-corrected chi connectivity index (χ4v) is 6.08. The highest BCUT2D eigenvalue weighted by molar-refractivity contribution is 7.89. The fourth-order valence-electron chi connectivity index (χ4n) is 4.13. The minimum Gasteiger partial charge on any atom is -0.339 e. The van der Waals surface area contributed by atoms with Crippen LogP contribution in [0.3, 0.4) is 0 Å². The van der Waals surface area contributed by atoms with Crippen LogP contribution in [0.5, 0.6) is 0 Å². The number of fused-ring (bicyclic) bond motifs is 3. The monoisotopic (exact) mass is 474 g/mol. The van der Waals surface area contributed by atoms with E-state index in [0.717, 1.165) is 45.3 Å². The van der Waals surface area contributed by atoms with Gasteiger partial charge in [-0.3, -0.25) is 4.98 Å². The predicted octanol–water partition coefficient (Wildman–Crippen LogP) is 4.13. The van der Waals surface area contributed by atoms with Crippen LogP contribution in [0.15, 0.2) is 71.9 Å². The molecule has 0 radical (unpaired) electrons. The van der Waals surface area contributed by atoms with Gasteiger partial charge >= 0.3 is 0 Å². The van der Waals surface area contributed by atoms with Gasteiger partial charge in [0.1, 0.15) is 16.9 Å². The van der Waals surface area contributed by atoms with Gasteiger partial charge < -0.3 is 5.32 Å². The summed E-state index contributed by atoms with van der Waals surface area (Å²) in [6.45, 7) is 0.664. The Bertz CT molecular complexity index is 1620. The summed E-state index contributed by atoms with van der Waals surface area (Å²) in [5, 5.41) is 4.41. The third kappa shape index (κ3) is 3.62. The summed E-state index contributed by atoms with van der Waals surface area (Å²) in [4.78, 5) is 9.26. The minimum atomic E-state index is -3.65. The molecule has 0 saturated heterocycles. The Morgan fingerprint density at radius 3 is 2.76 bits per heavy atom. The molecular weight excluding hydrogens is 456 g/mol. The zero-order valence-corrected chi connectivity index (χ0v) is 19.0. The molecule has 0 bridgehead atoms. The highest BCUT2D eigenvalue weighted by Crippen LogP contribution is 2.31. The molecule has 1 aliphatic rings. The molecule has 0 unspecified atom stereocenters. The Labute approximate surface area is 194 Å². The van der Waals surface area contributed by atoms with Crippen molar-refractivity contribution in [1.82, 2.24) is 23.0 Å². The van der Waals surface area contributed by atoms with Crippen molar-refractivity contribution in [3.05, 3.63) is 78.1 Å². The maximum atomic E-state index is 13.3. The summed E-state index contributed by atoms with van der Waals surface area (Å²) >= 11 is 1.07. The van der Waals surface area contributed by atoms with Crippen molar-refractivity contribution >= 4 is 55.2 Å². The number of sulfonamides is 1. The van der Waals surface area contributed by atoms with Crippen LogP contribution in [0.1, 0.15) is 11.1 Å². The molecule has 164 valence electrons. The highest BCUT2D eigenvalue weighted by Gasteiger charge is 2.30. The molecule has 0 amide bonds. The third-order valence-corrected chi connectivity index (χ3v) is 8.22. The van der Waals surface area contributed by atoms with Crippen molar-refractivity contribution in [1.29, 1.82) is 0 Å². The van der Waals surface area contributed by atoms with Gasteiger partial charge in [0.2, 0.25) is 10.0 Å². The fraction of sp³-hybridized carbons (Fsp3) is 0.130. The number of rotatable bonds is 4. The quantitative estimate of drug-likeness (QED) is 0.418. The lowest BCUT2D eigenvalue weighted by atomic mass is 10.0. The Morgan fingerprint density at radius 2 is 1.82 bits per heavy atom. The van der Waals surface area contributed by atoms with E-state index in [4.69, 9.17) is 0 Å². The van der Waals surface area contributed by atoms with Gasteiger partial charge in [-0.15, -0.1) is 0 Å². The Kier molecular flexibility index (Phi) is 4.79. The number of benzene rings is 2. The van der Waals surface area contributed by atoms with Crippen LogP contribution >= 0.6 is 11.7 Å². The number of aromatic nitrogens is 4. The van der Waals surface area contributed by atoms with E-state index in [2.05, 4.69) is 24.0 Å². The zero-order chi connectivity index (χ0) is 22.4. The van der Waals surface area contributed by atoms with Gasteiger partial charge in [0.15, 0.2) is 0 Å². The zero-order valence-electron chi connectivity index (χ0n) is 17.3. The molecule has 0 aliphatic carbocycles. The van der Waals surface area contributed by atoms with Crippen molar-refractivity contribution in [2.24, 2.45) is 0 Å². The summed E-state index contributed by atoms with van der Waals surface area (Å²) in [5.74, 6) is 0.733. The molecule has 3 aromatic heterocycles. The van der Waals surface area contributed by atoms with Crippen LogP contribution < -0.4 is 5.32 Å². The van der Waals surface area contributed by atoms with Gasteiger partial charge in [-0.05, 0) is 48.4 Å². The molecule has 0 atom stereocenters. The summed E-state index contributed by atoms with van der Waals surface area (Å²) in [5.41, 5.74) is 5.03. The molecular formula is C23H18N6O2S2. The van der Waals surface area contributed by atoms with E-state index in [0.29, 0.717) is 24.0 Å².